The van der Waals surface area contributed by atoms with Crippen LogP contribution in [0.1, 0.15) is 27.5 Å². The van der Waals surface area contributed by atoms with Crippen LogP contribution in [0.5, 0.6) is 5.75 Å². The van der Waals surface area contributed by atoms with E-state index in [0.29, 0.717) is 18.0 Å². The third-order valence-electron chi connectivity index (χ3n) is 4.74. The molecule has 0 N–H and O–H groups in total. The predicted octanol–water partition coefficient (Wildman–Crippen LogP) is 3.66. The standard InChI is InChI=1S/C21H23N3O3S/c25-21(20-14-18(27-22-20)16-26-17-6-2-1-3-7-17)24-10-5-9-23(11-12-24)15-19-8-4-13-28-19/h1-4,6-8,13-14H,5,9-12,15-16H2. The van der Waals surface area contributed by atoms with Crippen molar-refractivity contribution in [3.05, 3.63) is 70.2 Å². The van der Waals surface area contributed by atoms with Crippen LogP contribution in [0.2, 0.25) is 0 Å². The van der Waals surface area contributed by atoms with Gasteiger partial charge in [-0.2, -0.15) is 0 Å². The fourth-order valence-electron chi connectivity index (χ4n) is 3.27. The minimum Gasteiger partial charge on any atom is -0.486 e. The highest BCUT2D eigenvalue weighted by Crippen LogP contribution is 2.16. The number of hydrogen-bond donors (Lipinski definition) is 0. The molecule has 0 bridgehead atoms. The van der Waals surface area contributed by atoms with Gasteiger partial charge in [-0.1, -0.05) is 29.4 Å². The zero-order chi connectivity index (χ0) is 19.2. The molecule has 0 radical (unpaired) electrons. The monoisotopic (exact) mass is 397 g/mol. The third kappa shape index (κ3) is 4.79. The summed E-state index contributed by atoms with van der Waals surface area (Å²) in [6, 6.07) is 15.4. The SMILES string of the molecule is O=C(c1cc(COc2ccccc2)on1)N1CCCN(Cc2cccs2)CC1. The highest BCUT2D eigenvalue weighted by atomic mass is 32.1. The van der Waals surface area contributed by atoms with E-state index >= 15 is 0 Å². The number of hydrogen-bond acceptors (Lipinski definition) is 6. The van der Waals surface area contributed by atoms with Crippen molar-refractivity contribution < 1.29 is 14.1 Å². The number of nitrogens with zero attached hydrogens (tertiary/aromatic N) is 3. The Kier molecular flexibility index (Phi) is 6.04. The molecule has 0 unspecified atom stereocenters. The van der Waals surface area contributed by atoms with E-state index in [9.17, 15) is 4.79 Å². The van der Waals surface area contributed by atoms with E-state index in [0.717, 1.165) is 38.3 Å². The third-order valence-corrected chi connectivity index (χ3v) is 5.60. The fourth-order valence-corrected chi connectivity index (χ4v) is 4.02. The van der Waals surface area contributed by atoms with Crippen LogP contribution in [0.3, 0.4) is 0 Å². The van der Waals surface area contributed by atoms with E-state index in [1.54, 1.807) is 17.4 Å². The number of aromatic nitrogens is 1. The molecule has 3 aromatic rings. The van der Waals surface area contributed by atoms with E-state index in [1.165, 1.54) is 4.88 Å². The molecule has 7 heteroatoms. The van der Waals surface area contributed by atoms with Crippen LogP contribution in [0, 0.1) is 0 Å². The normalized spacial score (nSPS) is 15.4. The Bertz CT molecular complexity index is 879. The van der Waals surface area contributed by atoms with Gasteiger partial charge in [0.1, 0.15) is 12.4 Å². The minimum absolute atomic E-state index is 0.0762. The summed E-state index contributed by atoms with van der Waals surface area (Å²) in [5.74, 6) is 1.22. The van der Waals surface area contributed by atoms with E-state index in [1.807, 2.05) is 35.2 Å². The van der Waals surface area contributed by atoms with E-state index < -0.39 is 0 Å². The van der Waals surface area contributed by atoms with Gasteiger partial charge in [-0.25, -0.2) is 0 Å². The summed E-state index contributed by atoms with van der Waals surface area (Å²) in [5, 5.41) is 6.06. The molecule has 1 aliphatic rings. The molecule has 0 atom stereocenters. The lowest BCUT2D eigenvalue weighted by atomic mass is 10.3. The molecule has 28 heavy (non-hydrogen) atoms. The van der Waals surface area contributed by atoms with Gasteiger partial charge >= 0.3 is 0 Å². The highest BCUT2D eigenvalue weighted by Gasteiger charge is 2.23. The Morgan fingerprint density at radius 3 is 2.82 bits per heavy atom. The number of amides is 1. The van der Waals surface area contributed by atoms with Crippen LogP contribution >= 0.6 is 11.3 Å². The fraction of sp³-hybridized carbons (Fsp3) is 0.333. The molecule has 6 nitrogen and oxygen atoms in total. The van der Waals surface area contributed by atoms with Gasteiger partial charge in [-0.15, -0.1) is 11.3 Å². The Hall–Kier alpha value is -2.64. The van der Waals surface area contributed by atoms with Crippen molar-refractivity contribution in [2.24, 2.45) is 0 Å². The number of para-hydroxylation sites is 1. The van der Waals surface area contributed by atoms with Crippen molar-refractivity contribution in [2.45, 2.75) is 19.6 Å². The molecule has 146 valence electrons. The molecule has 0 spiro atoms. The van der Waals surface area contributed by atoms with Crippen molar-refractivity contribution in [3.63, 3.8) is 0 Å². The van der Waals surface area contributed by atoms with Gasteiger partial charge in [-0.05, 0) is 30.0 Å². The summed E-state index contributed by atoms with van der Waals surface area (Å²) in [4.78, 5) is 18.4. The maximum Gasteiger partial charge on any atom is 0.276 e. The number of carbonyl (C=O) groups is 1. The molecule has 0 aliphatic carbocycles. The molecule has 2 aromatic heterocycles. The van der Waals surface area contributed by atoms with Crippen LogP contribution in [0.15, 0.2) is 58.4 Å². The van der Waals surface area contributed by atoms with Crippen LogP contribution in [-0.2, 0) is 13.2 Å². The molecular formula is C21H23N3O3S. The molecule has 3 heterocycles. The van der Waals surface area contributed by atoms with Crippen molar-refractivity contribution in [1.29, 1.82) is 0 Å². The lowest BCUT2D eigenvalue weighted by Crippen LogP contribution is -2.35. The number of rotatable bonds is 6. The molecular weight excluding hydrogens is 374 g/mol. The lowest BCUT2D eigenvalue weighted by molar-refractivity contribution is 0.0750. The number of carbonyl (C=O) groups excluding carboxylic acids is 1. The van der Waals surface area contributed by atoms with Gasteiger partial charge in [0.05, 0.1) is 0 Å². The van der Waals surface area contributed by atoms with Gasteiger partial charge in [0, 0.05) is 43.7 Å². The van der Waals surface area contributed by atoms with Crippen molar-refractivity contribution >= 4 is 17.2 Å². The van der Waals surface area contributed by atoms with Crippen LogP contribution in [-0.4, -0.2) is 47.0 Å². The first-order valence-corrected chi connectivity index (χ1v) is 10.3. The smallest absolute Gasteiger partial charge is 0.276 e. The molecule has 1 saturated heterocycles. The summed E-state index contributed by atoms with van der Waals surface area (Å²) >= 11 is 1.78. The average Bonchev–Trinajstić information content (AvgIpc) is 3.35. The van der Waals surface area contributed by atoms with Gasteiger partial charge < -0.3 is 14.2 Å². The Balaban J connectivity index is 1.31. The maximum atomic E-state index is 12.8. The topological polar surface area (TPSA) is 58.8 Å². The first kappa shape index (κ1) is 18.7. The Labute approximate surface area is 168 Å². The van der Waals surface area contributed by atoms with E-state index in [-0.39, 0.29) is 12.5 Å². The number of benzene rings is 1. The molecule has 0 saturated carbocycles. The second-order valence-corrected chi connectivity index (χ2v) is 7.81. The number of ether oxygens (including phenoxy) is 1. The Morgan fingerprint density at radius 2 is 2.00 bits per heavy atom. The van der Waals surface area contributed by atoms with Crippen LogP contribution < -0.4 is 4.74 Å². The zero-order valence-electron chi connectivity index (χ0n) is 15.6. The first-order valence-electron chi connectivity index (χ1n) is 9.45. The van der Waals surface area contributed by atoms with E-state index in [4.69, 9.17) is 9.26 Å². The van der Waals surface area contributed by atoms with Gasteiger partial charge in [0.15, 0.2) is 11.5 Å². The second kappa shape index (κ2) is 9.03. The summed E-state index contributed by atoms with van der Waals surface area (Å²) in [6.07, 6.45) is 0.957. The van der Waals surface area contributed by atoms with Crippen molar-refractivity contribution in [2.75, 3.05) is 26.2 Å². The summed E-state index contributed by atoms with van der Waals surface area (Å²) in [7, 11) is 0. The van der Waals surface area contributed by atoms with E-state index in [2.05, 4.69) is 27.6 Å². The largest absolute Gasteiger partial charge is 0.486 e. The zero-order valence-corrected chi connectivity index (χ0v) is 16.4. The van der Waals surface area contributed by atoms with Crippen molar-refractivity contribution in [3.8, 4) is 5.75 Å². The summed E-state index contributed by atoms with van der Waals surface area (Å²) in [5.41, 5.74) is 0.346. The number of thiophene rings is 1. The predicted molar refractivity (Wildman–Crippen MR) is 107 cm³/mol. The molecule has 1 amide bonds. The van der Waals surface area contributed by atoms with Crippen LogP contribution in [0.4, 0.5) is 0 Å². The molecule has 1 aromatic carbocycles. The van der Waals surface area contributed by atoms with Crippen molar-refractivity contribution in [1.82, 2.24) is 15.0 Å². The van der Waals surface area contributed by atoms with Gasteiger partial charge in [0.2, 0.25) is 0 Å². The highest BCUT2D eigenvalue weighted by molar-refractivity contribution is 7.09. The molecule has 1 fully saturated rings. The average molecular weight is 398 g/mol. The molecule has 4 rings (SSSR count). The van der Waals surface area contributed by atoms with Gasteiger partial charge in [0.25, 0.3) is 5.91 Å². The quantitative estimate of drug-likeness (QED) is 0.635. The first-order chi connectivity index (χ1) is 13.8. The molecule has 1 aliphatic heterocycles. The lowest BCUT2D eigenvalue weighted by Gasteiger charge is -2.20. The summed E-state index contributed by atoms with van der Waals surface area (Å²) in [6.45, 7) is 4.50. The second-order valence-electron chi connectivity index (χ2n) is 6.78. The summed E-state index contributed by atoms with van der Waals surface area (Å²) < 4.78 is 10.9. The minimum atomic E-state index is -0.0762. The van der Waals surface area contributed by atoms with Crippen LogP contribution in [0.25, 0.3) is 0 Å². The maximum absolute atomic E-state index is 12.8. The van der Waals surface area contributed by atoms with Gasteiger partial charge in [-0.3, -0.25) is 9.69 Å². The Morgan fingerprint density at radius 1 is 1.11 bits per heavy atom.